The highest BCUT2D eigenvalue weighted by molar-refractivity contribution is 5.79. The topological polar surface area (TPSA) is 67.8 Å². The van der Waals surface area contributed by atoms with Gasteiger partial charge in [0.1, 0.15) is 5.84 Å². The van der Waals surface area contributed by atoms with Crippen LogP contribution in [0, 0.1) is 29.1 Å². The van der Waals surface area contributed by atoms with Gasteiger partial charge in [-0.05, 0) is 12.8 Å². The molecule has 0 bridgehead atoms. The van der Waals surface area contributed by atoms with Crippen LogP contribution in [0.3, 0.4) is 0 Å². The van der Waals surface area contributed by atoms with Crippen molar-refractivity contribution in [3.05, 3.63) is 29.1 Å². The van der Waals surface area contributed by atoms with Gasteiger partial charge in [0, 0.05) is 6.42 Å². The summed E-state index contributed by atoms with van der Waals surface area (Å²) >= 11 is 0. The van der Waals surface area contributed by atoms with Crippen molar-refractivity contribution in [2.24, 2.45) is 10.9 Å². The number of halogens is 5. The van der Waals surface area contributed by atoms with E-state index in [0.29, 0.717) is 6.42 Å². The van der Waals surface area contributed by atoms with Crippen molar-refractivity contribution in [3.63, 3.8) is 0 Å². The Morgan fingerprint density at radius 2 is 1.45 bits per heavy atom. The van der Waals surface area contributed by atoms with Gasteiger partial charge in [-0.3, -0.25) is 0 Å². The van der Waals surface area contributed by atoms with Crippen molar-refractivity contribution in [1.29, 1.82) is 0 Å². The molecule has 3 N–H and O–H groups in total. The lowest BCUT2D eigenvalue weighted by molar-refractivity contribution is 0.257. The maximum Gasteiger partial charge on any atom is 0.206 e. The minimum atomic E-state index is -2.24. The van der Waals surface area contributed by atoms with Crippen LogP contribution in [-0.4, -0.2) is 17.6 Å². The molecule has 0 amide bonds. The Kier molecular flexibility index (Phi) is 5.53. The van der Waals surface area contributed by atoms with Crippen LogP contribution in [0.15, 0.2) is 5.16 Å². The first-order valence-electron chi connectivity index (χ1n) is 5.50. The first-order chi connectivity index (χ1) is 9.40. The molecular weight excluding hydrogens is 287 g/mol. The quantitative estimate of drug-likeness (QED) is 0.124. The number of ether oxygens (including phenoxy) is 1. The Morgan fingerprint density at radius 3 is 1.95 bits per heavy atom. The average Bonchev–Trinajstić information content (AvgIpc) is 2.45. The summed E-state index contributed by atoms with van der Waals surface area (Å²) in [7, 11) is 0. The standard InChI is InChI=1S/C11H11F5N2O2/c12-6-7(13)9(15)11(10(16)8(6)14)20-4-2-1-3-5(17)18-19/h19H,1-4H2,(H2,17,18). The van der Waals surface area contributed by atoms with Gasteiger partial charge in [-0.25, -0.2) is 13.2 Å². The SMILES string of the molecule is NC(CCCCOc1c(F)c(F)c(F)c(F)c1F)=NO. The second kappa shape index (κ2) is 6.92. The highest BCUT2D eigenvalue weighted by Crippen LogP contribution is 2.29. The van der Waals surface area contributed by atoms with Crippen molar-refractivity contribution in [2.45, 2.75) is 19.3 Å². The van der Waals surface area contributed by atoms with Gasteiger partial charge in [0.2, 0.25) is 29.1 Å². The highest BCUT2D eigenvalue weighted by atomic mass is 19.2. The summed E-state index contributed by atoms with van der Waals surface area (Å²) in [6, 6.07) is 0. The average molecular weight is 298 g/mol. The van der Waals surface area contributed by atoms with E-state index in [2.05, 4.69) is 9.89 Å². The first-order valence-corrected chi connectivity index (χ1v) is 5.50. The molecule has 20 heavy (non-hydrogen) atoms. The molecule has 0 heterocycles. The van der Waals surface area contributed by atoms with Crippen LogP contribution in [0.5, 0.6) is 5.75 Å². The lowest BCUT2D eigenvalue weighted by atomic mass is 10.2. The summed E-state index contributed by atoms with van der Waals surface area (Å²) in [5, 5.41) is 10.9. The Labute approximate surface area is 110 Å². The van der Waals surface area contributed by atoms with Crippen LogP contribution in [0.1, 0.15) is 19.3 Å². The number of rotatable bonds is 6. The number of hydrogen-bond donors (Lipinski definition) is 2. The summed E-state index contributed by atoms with van der Waals surface area (Å²) in [5.41, 5.74) is 5.17. The molecule has 0 unspecified atom stereocenters. The molecule has 1 aromatic rings. The molecule has 0 aliphatic rings. The summed E-state index contributed by atoms with van der Waals surface area (Å²) in [6.45, 7) is -0.281. The predicted molar refractivity (Wildman–Crippen MR) is 59.0 cm³/mol. The molecular formula is C11H11F5N2O2. The minimum Gasteiger partial charge on any atom is -0.487 e. The van der Waals surface area contributed by atoms with E-state index in [1.807, 2.05) is 0 Å². The van der Waals surface area contributed by atoms with E-state index < -0.39 is 34.8 Å². The fraction of sp³-hybridized carbons (Fsp3) is 0.364. The molecule has 0 fully saturated rings. The van der Waals surface area contributed by atoms with E-state index >= 15 is 0 Å². The van der Waals surface area contributed by atoms with E-state index in [-0.39, 0.29) is 25.3 Å². The van der Waals surface area contributed by atoms with Gasteiger partial charge in [0.05, 0.1) is 6.61 Å². The Hall–Kier alpha value is -2.06. The third kappa shape index (κ3) is 3.49. The molecule has 0 radical (unpaired) electrons. The van der Waals surface area contributed by atoms with E-state index in [0.717, 1.165) is 0 Å². The molecule has 112 valence electrons. The molecule has 1 rings (SSSR count). The molecule has 0 aliphatic carbocycles. The summed E-state index contributed by atoms with van der Waals surface area (Å²) in [6.07, 6.45) is 0.776. The molecule has 0 atom stereocenters. The number of nitrogens with zero attached hydrogens (tertiary/aromatic N) is 1. The third-order valence-corrected chi connectivity index (χ3v) is 2.37. The van der Waals surface area contributed by atoms with Gasteiger partial charge < -0.3 is 15.7 Å². The molecule has 0 saturated heterocycles. The summed E-state index contributed by atoms with van der Waals surface area (Å²) in [4.78, 5) is 0. The van der Waals surface area contributed by atoms with Gasteiger partial charge in [0.25, 0.3) is 0 Å². The van der Waals surface area contributed by atoms with E-state index in [1.165, 1.54) is 0 Å². The molecule has 9 heteroatoms. The van der Waals surface area contributed by atoms with Crippen molar-refractivity contribution in [2.75, 3.05) is 6.61 Å². The number of unbranched alkanes of at least 4 members (excludes halogenated alkanes) is 1. The number of amidine groups is 1. The van der Waals surface area contributed by atoms with Crippen LogP contribution >= 0.6 is 0 Å². The number of hydrogen-bond acceptors (Lipinski definition) is 3. The largest absolute Gasteiger partial charge is 0.487 e. The smallest absolute Gasteiger partial charge is 0.206 e. The Morgan fingerprint density at radius 1 is 0.950 bits per heavy atom. The normalized spacial score (nSPS) is 11.8. The van der Waals surface area contributed by atoms with E-state index in [9.17, 15) is 22.0 Å². The van der Waals surface area contributed by atoms with Crippen molar-refractivity contribution < 1.29 is 31.9 Å². The third-order valence-electron chi connectivity index (χ3n) is 2.37. The molecule has 0 saturated carbocycles. The molecule has 0 aromatic heterocycles. The van der Waals surface area contributed by atoms with E-state index in [1.54, 1.807) is 0 Å². The second-order valence-electron chi connectivity index (χ2n) is 3.80. The zero-order valence-corrected chi connectivity index (χ0v) is 10.1. The van der Waals surface area contributed by atoms with Gasteiger partial charge >= 0.3 is 0 Å². The van der Waals surface area contributed by atoms with Crippen LogP contribution in [-0.2, 0) is 0 Å². The van der Waals surface area contributed by atoms with Crippen LogP contribution in [0.25, 0.3) is 0 Å². The predicted octanol–water partition coefficient (Wildman–Crippen LogP) is 2.68. The fourth-order valence-corrected chi connectivity index (χ4v) is 1.34. The Balaban J connectivity index is 2.65. The summed E-state index contributed by atoms with van der Waals surface area (Å²) < 4.78 is 69.3. The zero-order chi connectivity index (χ0) is 15.3. The van der Waals surface area contributed by atoms with E-state index in [4.69, 9.17) is 10.9 Å². The van der Waals surface area contributed by atoms with Crippen molar-refractivity contribution in [3.8, 4) is 5.75 Å². The van der Waals surface area contributed by atoms with Gasteiger partial charge in [0.15, 0.2) is 5.75 Å². The first kappa shape index (κ1) is 16.0. The Bertz CT molecular complexity index is 493. The molecule has 4 nitrogen and oxygen atoms in total. The summed E-state index contributed by atoms with van der Waals surface area (Å²) in [5.74, 6) is -11.7. The maximum atomic E-state index is 13.2. The van der Waals surface area contributed by atoms with Crippen molar-refractivity contribution >= 4 is 5.84 Å². The molecule has 0 aliphatic heterocycles. The lowest BCUT2D eigenvalue weighted by Crippen LogP contribution is -2.12. The van der Waals surface area contributed by atoms with Crippen molar-refractivity contribution in [1.82, 2.24) is 0 Å². The fourth-order valence-electron chi connectivity index (χ4n) is 1.34. The maximum absolute atomic E-state index is 13.2. The number of oxime groups is 1. The minimum absolute atomic E-state index is 0.0405. The number of nitrogens with two attached hydrogens (primary N) is 1. The molecule has 0 spiro atoms. The highest BCUT2D eigenvalue weighted by Gasteiger charge is 2.26. The van der Waals surface area contributed by atoms with Gasteiger partial charge in [-0.15, -0.1) is 0 Å². The van der Waals surface area contributed by atoms with Crippen LogP contribution in [0.4, 0.5) is 22.0 Å². The van der Waals surface area contributed by atoms with Crippen LogP contribution < -0.4 is 10.5 Å². The number of benzene rings is 1. The lowest BCUT2D eigenvalue weighted by Gasteiger charge is -2.10. The monoisotopic (exact) mass is 298 g/mol. The van der Waals surface area contributed by atoms with Crippen LogP contribution in [0.2, 0.25) is 0 Å². The zero-order valence-electron chi connectivity index (χ0n) is 10.1. The van der Waals surface area contributed by atoms with Gasteiger partial charge in [-0.2, -0.15) is 8.78 Å². The second-order valence-corrected chi connectivity index (χ2v) is 3.80. The molecule has 1 aromatic carbocycles. The van der Waals surface area contributed by atoms with Gasteiger partial charge in [-0.1, -0.05) is 5.16 Å².